The van der Waals surface area contributed by atoms with E-state index in [1.807, 2.05) is 0 Å². The molecule has 0 saturated carbocycles. The number of carbonyl (C=O) groups excluding carboxylic acids is 4. The Balaban J connectivity index is 4.01. The van der Waals surface area contributed by atoms with Crippen LogP contribution in [0.2, 0.25) is 0 Å². The fourth-order valence-electron chi connectivity index (χ4n) is 1.24. The lowest BCUT2D eigenvalue weighted by Gasteiger charge is -2.19. The van der Waals surface area contributed by atoms with E-state index in [-0.39, 0.29) is 0 Å². The molecule has 0 radical (unpaired) electrons. The lowest BCUT2D eigenvalue weighted by molar-refractivity contribution is -0.171. The second-order valence-electron chi connectivity index (χ2n) is 6.67. The zero-order valence-electron chi connectivity index (χ0n) is 14.4. The van der Waals surface area contributed by atoms with Gasteiger partial charge in [-0.15, -0.1) is 0 Å². The van der Waals surface area contributed by atoms with Crippen molar-refractivity contribution in [1.29, 1.82) is 0 Å². The molecule has 0 bridgehead atoms. The predicted molar refractivity (Wildman–Crippen MR) is 78.2 cm³/mol. The molecular formula is C15H24O8. The maximum absolute atomic E-state index is 11.3. The van der Waals surface area contributed by atoms with Crippen LogP contribution in [0.5, 0.6) is 0 Å². The number of rotatable bonds is 6. The number of hydrogen-bond donors (Lipinski definition) is 0. The summed E-state index contributed by atoms with van der Waals surface area (Å²) in [6.07, 6.45) is -0.717. The first-order valence-electron chi connectivity index (χ1n) is 7.03. The molecule has 0 rings (SSSR count). The molecule has 0 aromatic heterocycles. The topological polar surface area (TPSA) is 105 Å². The van der Waals surface area contributed by atoms with E-state index in [0.29, 0.717) is 0 Å². The van der Waals surface area contributed by atoms with Gasteiger partial charge in [-0.05, 0) is 41.5 Å². The molecule has 0 aliphatic heterocycles. The highest BCUT2D eigenvalue weighted by Crippen LogP contribution is 2.08. The van der Waals surface area contributed by atoms with E-state index in [9.17, 15) is 19.2 Å². The van der Waals surface area contributed by atoms with Crippen LogP contribution in [0.3, 0.4) is 0 Å². The van der Waals surface area contributed by atoms with Gasteiger partial charge in [-0.3, -0.25) is 9.59 Å². The fraction of sp³-hybridized carbons (Fsp3) is 0.733. The lowest BCUT2D eigenvalue weighted by atomic mass is 10.2. The Morgan fingerprint density at radius 2 is 0.913 bits per heavy atom. The molecule has 8 heteroatoms. The van der Waals surface area contributed by atoms with Crippen LogP contribution >= 0.6 is 0 Å². The largest absolute Gasteiger partial charge is 0.457 e. The molecule has 132 valence electrons. The maximum Gasteiger partial charge on any atom is 0.344 e. The average Bonchev–Trinajstić information content (AvgIpc) is 2.29. The molecule has 0 heterocycles. The molecule has 0 aliphatic rings. The van der Waals surface area contributed by atoms with Crippen LogP contribution in [0.15, 0.2) is 0 Å². The number of carbonyl (C=O) groups is 4. The van der Waals surface area contributed by atoms with E-state index in [1.54, 1.807) is 41.5 Å². The van der Waals surface area contributed by atoms with Crippen molar-refractivity contribution in [3.05, 3.63) is 0 Å². The van der Waals surface area contributed by atoms with Gasteiger partial charge in [0.05, 0.1) is 0 Å². The highest BCUT2D eigenvalue weighted by Gasteiger charge is 2.21. The quantitative estimate of drug-likeness (QED) is 0.405. The first-order chi connectivity index (χ1) is 10.3. The van der Waals surface area contributed by atoms with Crippen molar-refractivity contribution in [2.45, 2.75) is 59.2 Å². The average molecular weight is 332 g/mol. The van der Waals surface area contributed by atoms with Crippen molar-refractivity contribution in [2.75, 3.05) is 13.2 Å². The van der Waals surface area contributed by atoms with Gasteiger partial charge in [0.25, 0.3) is 0 Å². The summed E-state index contributed by atoms with van der Waals surface area (Å²) in [4.78, 5) is 45.3. The number of esters is 4. The summed E-state index contributed by atoms with van der Waals surface area (Å²) >= 11 is 0. The van der Waals surface area contributed by atoms with E-state index >= 15 is 0 Å². The lowest BCUT2D eigenvalue weighted by Crippen LogP contribution is -2.29. The Labute approximate surface area is 135 Å². The van der Waals surface area contributed by atoms with Gasteiger partial charge in [-0.2, -0.15) is 0 Å². The van der Waals surface area contributed by atoms with Gasteiger partial charge in [0, 0.05) is 0 Å². The summed E-state index contributed by atoms with van der Waals surface area (Å²) < 4.78 is 19.0. The first-order valence-corrected chi connectivity index (χ1v) is 7.03. The normalized spacial score (nSPS) is 11.4. The zero-order chi connectivity index (χ0) is 18.3. The van der Waals surface area contributed by atoms with Gasteiger partial charge in [0.1, 0.15) is 17.6 Å². The third-order valence-corrected chi connectivity index (χ3v) is 1.83. The van der Waals surface area contributed by atoms with Crippen LogP contribution in [0.4, 0.5) is 0 Å². The van der Waals surface area contributed by atoms with Crippen molar-refractivity contribution in [3.8, 4) is 0 Å². The van der Waals surface area contributed by atoms with Crippen LogP contribution in [0.1, 0.15) is 48.0 Å². The van der Waals surface area contributed by atoms with Gasteiger partial charge >= 0.3 is 23.9 Å². The van der Waals surface area contributed by atoms with E-state index < -0.39 is 54.7 Å². The van der Waals surface area contributed by atoms with E-state index in [4.69, 9.17) is 9.47 Å². The minimum Gasteiger partial charge on any atom is -0.457 e. The van der Waals surface area contributed by atoms with Crippen LogP contribution in [-0.4, -0.2) is 48.3 Å². The van der Waals surface area contributed by atoms with Crippen LogP contribution < -0.4 is 0 Å². The van der Waals surface area contributed by atoms with Crippen LogP contribution in [0.25, 0.3) is 0 Å². The van der Waals surface area contributed by atoms with Crippen molar-refractivity contribution in [2.24, 2.45) is 0 Å². The van der Waals surface area contributed by atoms with Crippen molar-refractivity contribution in [1.82, 2.24) is 0 Å². The Kier molecular flexibility index (Phi) is 7.71. The molecule has 0 spiro atoms. The second-order valence-corrected chi connectivity index (χ2v) is 6.67. The van der Waals surface area contributed by atoms with Crippen molar-refractivity contribution >= 4 is 23.9 Å². The second kappa shape index (κ2) is 8.50. The van der Waals surface area contributed by atoms with Crippen LogP contribution in [-0.2, 0) is 38.1 Å². The van der Waals surface area contributed by atoms with Crippen LogP contribution in [0, 0.1) is 0 Å². The SMILES string of the molecule is CC(C)(C)OC(=O)COC(=O)CC(=O)OCC(=O)OC(C)(C)C. The van der Waals surface area contributed by atoms with Gasteiger partial charge in [0.15, 0.2) is 13.2 Å². The minimum atomic E-state index is -0.954. The first kappa shape index (κ1) is 20.9. The predicted octanol–water partition coefficient (Wildman–Crippen LogP) is 1.15. The highest BCUT2D eigenvalue weighted by atomic mass is 16.6. The molecule has 23 heavy (non-hydrogen) atoms. The number of hydrogen-bond acceptors (Lipinski definition) is 8. The molecule has 0 aromatic carbocycles. The van der Waals surface area contributed by atoms with Gasteiger partial charge in [0.2, 0.25) is 0 Å². The van der Waals surface area contributed by atoms with E-state index in [0.717, 1.165) is 0 Å². The third kappa shape index (κ3) is 13.3. The molecule has 0 atom stereocenters. The molecule has 0 aromatic rings. The van der Waals surface area contributed by atoms with E-state index in [1.165, 1.54) is 0 Å². The monoisotopic (exact) mass is 332 g/mol. The van der Waals surface area contributed by atoms with Gasteiger partial charge in [-0.25, -0.2) is 9.59 Å². The summed E-state index contributed by atoms with van der Waals surface area (Å²) in [6, 6.07) is 0. The molecule has 8 nitrogen and oxygen atoms in total. The number of ether oxygens (including phenoxy) is 4. The molecule has 0 amide bonds. The Morgan fingerprint density at radius 3 is 1.17 bits per heavy atom. The summed E-state index contributed by atoms with van der Waals surface area (Å²) in [7, 11) is 0. The summed E-state index contributed by atoms with van der Waals surface area (Å²) in [5.74, 6) is -3.36. The molecule has 0 fully saturated rings. The Bertz CT molecular complexity index is 411. The Morgan fingerprint density at radius 1 is 0.609 bits per heavy atom. The highest BCUT2D eigenvalue weighted by molar-refractivity contribution is 5.92. The molecule has 0 unspecified atom stereocenters. The molecule has 0 aliphatic carbocycles. The van der Waals surface area contributed by atoms with Crippen molar-refractivity contribution < 1.29 is 38.1 Å². The fourth-order valence-corrected chi connectivity index (χ4v) is 1.24. The summed E-state index contributed by atoms with van der Waals surface area (Å²) in [6.45, 7) is 8.80. The molecular weight excluding hydrogens is 308 g/mol. The van der Waals surface area contributed by atoms with Gasteiger partial charge in [-0.1, -0.05) is 0 Å². The third-order valence-electron chi connectivity index (χ3n) is 1.83. The standard InChI is InChI=1S/C15H24O8/c1-14(2,3)22-12(18)8-20-10(16)7-11(17)21-9-13(19)23-15(4,5)6/h7-9H2,1-6H3. The minimum absolute atomic E-state index is 0.602. The van der Waals surface area contributed by atoms with E-state index in [2.05, 4.69) is 9.47 Å². The zero-order valence-corrected chi connectivity index (χ0v) is 14.4. The smallest absolute Gasteiger partial charge is 0.344 e. The summed E-state index contributed by atoms with van der Waals surface area (Å²) in [5, 5.41) is 0. The maximum atomic E-state index is 11.3. The summed E-state index contributed by atoms with van der Waals surface area (Å²) in [5.41, 5.74) is -1.40. The van der Waals surface area contributed by atoms with Crippen molar-refractivity contribution in [3.63, 3.8) is 0 Å². The van der Waals surface area contributed by atoms with Gasteiger partial charge < -0.3 is 18.9 Å². The molecule has 0 N–H and O–H groups in total. The molecule has 0 saturated heterocycles. The Hall–Kier alpha value is -2.12.